The maximum atomic E-state index is 5.79. The molecule has 0 unspecified atom stereocenters. The molecule has 0 aliphatic carbocycles. The predicted molar refractivity (Wildman–Crippen MR) is 46.8 cm³/mol. The second kappa shape index (κ2) is 2.62. The summed E-state index contributed by atoms with van der Waals surface area (Å²) >= 11 is 9.01. The molecule has 10 heavy (non-hydrogen) atoms. The normalized spacial score (nSPS) is 16.1. The summed E-state index contributed by atoms with van der Waals surface area (Å²) < 4.78 is 5.17. The SMILES string of the molecule is Clc1cc2c(s1)SNCN2. The van der Waals surface area contributed by atoms with Crippen LogP contribution in [0.15, 0.2) is 10.3 Å². The first-order valence-corrected chi connectivity index (χ1v) is 4.80. The van der Waals surface area contributed by atoms with Crippen molar-refractivity contribution in [1.29, 1.82) is 0 Å². The van der Waals surface area contributed by atoms with E-state index in [9.17, 15) is 0 Å². The van der Waals surface area contributed by atoms with Gasteiger partial charge in [0.05, 0.1) is 20.9 Å². The lowest BCUT2D eigenvalue weighted by atomic mass is 10.5. The van der Waals surface area contributed by atoms with Gasteiger partial charge in [0, 0.05) is 0 Å². The van der Waals surface area contributed by atoms with Gasteiger partial charge in [0.1, 0.15) is 0 Å². The summed E-state index contributed by atoms with van der Waals surface area (Å²) in [6, 6.07) is 1.95. The van der Waals surface area contributed by atoms with Gasteiger partial charge in [0.2, 0.25) is 0 Å². The van der Waals surface area contributed by atoms with E-state index in [4.69, 9.17) is 11.6 Å². The zero-order valence-corrected chi connectivity index (χ0v) is 7.37. The Labute approximate surface area is 72.1 Å². The fourth-order valence-electron chi connectivity index (χ4n) is 0.777. The smallest absolute Gasteiger partial charge is 0.0999 e. The van der Waals surface area contributed by atoms with Gasteiger partial charge in [-0.2, -0.15) is 0 Å². The third kappa shape index (κ3) is 1.12. The van der Waals surface area contributed by atoms with E-state index in [1.165, 1.54) is 4.21 Å². The number of halogens is 1. The van der Waals surface area contributed by atoms with E-state index < -0.39 is 0 Å². The highest BCUT2D eigenvalue weighted by Gasteiger charge is 2.11. The molecule has 0 aromatic carbocycles. The summed E-state index contributed by atoms with van der Waals surface area (Å²) in [7, 11) is 0. The van der Waals surface area contributed by atoms with Gasteiger partial charge in [-0.15, -0.1) is 11.3 Å². The molecule has 1 aliphatic heterocycles. The van der Waals surface area contributed by atoms with E-state index in [0.29, 0.717) is 0 Å². The van der Waals surface area contributed by atoms with Gasteiger partial charge in [-0.1, -0.05) is 11.6 Å². The molecule has 0 saturated carbocycles. The monoisotopic (exact) mass is 192 g/mol. The maximum Gasteiger partial charge on any atom is 0.0999 e. The first-order chi connectivity index (χ1) is 4.86. The summed E-state index contributed by atoms with van der Waals surface area (Å²) in [5, 5.41) is 3.18. The zero-order valence-electron chi connectivity index (χ0n) is 4.98. The molecule has 2 heterocycles. The van der Waals surface area contributed by atoms with Crippen molar-refractivity contribution >= 4 is 40.6 Å². The minimum Gasteiger partial charge on any atom is -0.370 e. The minimum absolute atomic E-state index is 0.810. The van der Waals surface area contributed by atoms with Crippen molar-refractivity contribution in [2.24, 2.45) is 0 Å². The van der Waals surface area contributed by atoms with Crippen molar-refractivity contribution in [3.05, 3.63) is 10.4 Å². The molecule has 1 aliphatic rings. The molecule has 0 bridgehead atoms. The Morgan fingerprint density at radius 2 is 2.50 bits per heavy atom. The van der Waals surface area contributed by atoms with Crippen molar-refractivity contribution in [3.63, 3.8) is 0 Å². The van der Waals surface area contributed by atoms with Crippen molar-refractivity contribution in [3.8, 4) is 0 Å². The largest absolute Gasteiger partial charge is 0.370 e. The van der Waals surface area contributed by atoms with Crippen LogP contribution in [0.25, 0.3) is 0 Å². The van der Waals surface area contributed by atoms with E-state index in [-0.39, 0.29) is 0 Å². The lowest BCUT2D eigenvalue weighted by molar-refractivity contribution is 1.02. The molecular weight excluding hydrogens is 188 g/mol. The Hall–Kier alpha value is 0.100. The van der Waals surface area contributed by atoms with Crippen LogP contribution in [-0.2, 0) is 0 Å². The Morgan fingerprint density at radius 3 is 3.30 bits per heavy atom. The molecule has 0 saturated heterocycles. The van der Waals surface area contributed by atoms with E-state index in [1.54, 1.807) is 23.3 Å². The Morgan fingerprint density at radius 1 is 1.60 bits per heavy atom. The molecule has 0 radical (unpaired) electrons. The molecule has 1 aromatic heterocycles. The second-order valence-electron chi connectivity index (χ2n) is 1.85. The van der Waals surface area contributed by atoms with Crippen molar-refractivity contribution in [1.82, 2.24) is 4.72 Å². The van der Waals surface area contributed by atoms with Crippen LogP contribution in [0.3, 0.4) is 0 Å². The standard InChI is InChI=1S/C5H5ClN2S2/c6-4-1-3-5(9-4)10-8-2-7-3/h1,7-8H,2H2. The second-order valence-corrected chi connectivity index (χ2v) is 4.69. The Kier molecular flexibility index (Phi) is 1.78. The minimum atomic E-state index is 0.810. The molecule has 2 N–H and O–H groups in total. The first kappa shape index (κ1) is 6.79. The topological polar surface area (TPSA) is 24.1 Å². The molecule has 0 atom stereocenters. The number of hydrogen-bond donors (Lipinski definition) is 2. The van der Waals surface area contributed by atoms with Crippen molar-refractivity contribution in [2.75, 3.05) is 12.0 Å². The van der Waals surface area contributed by atoms with Crippen LogP contribution in [0.1, 0.15) is 0 Å². The number of anilines is 1. The molecule has 0 fully saturated rings. The van der Waals surface area contributed by atoms with Crippen LogP contribution in [0.2, 0.25) is 4.34 Å². The molecule has 2 rings (SSSR count). The van der Waals surface area contributed by atoms with Gasteiger partial charge in [-0.25, -0.2) is 4.72 Å². The number of fused-ring (bicyclic) bond motifs is 1. The van der Waals surface area contributed by atoms with Crippen molar-refractivity contribution in [2.45, 2.75) is 4.21 Å². The summed E-state index contributed by atoms with van der Waals surface area (Å²) in [5.74, 6) is 0. The average Bonchev–Trinajstić information content (AvgIpc) is 2.27. The third-order valence-corrected chi connectivity index (χ3v) is 3.44. The van der Waals surface area contributed by atoms with Gasteiger partial charge in [-0.05, 0) is 18.0 Å². The fraction of sp³-hybridized carbons (Fsp3) is 0.200. The fourth-order valence-corrected chi connectivity index (χ4v) is 2.98. The highest BCUT2D eigenvalue weighted by Crippen LogP contribution is 2.38. The molecule has 54 valence electrons. The van der Waals surface area contributed by atoms with Gasteiger partial charge in [0.15, 0.2) is 0 Å². The van der Waals surface area contributed by atoms with Gasteiger partial charge < -0.3 is 5.32 Å². The summed E-state index contributed by atoms with van der Waals surface area (Å²) in [5.41, 5.74) is 1.15. The highest BCUT2D eigenvalue weighted by molar-refractivity contribution is 7.99. The maximum absolute atomic E-state index is 5.79. The van der Waals surface area contributed by atoms with Gasteiger partial charge in [0.25, 0.3) is 0 Å². The molecule has 5 heteroatoms. The van der Waals surface area contributed by atoms with Gasteiger partial charge >= 0.3 is 0 Å². The van der Waals surface area contributed by atoms with Crippen LogP contribution >= 0.6 is 34.9 Å². The van der Waals surface area contributed by atoms with E-state index in [0.717, 1.165) is 16.7 Å². The molecule has 1 aromatic rings. The van der Waals surface area contributed by atoms with Crippen molar-refractivity contribution < 1.29 is 0 Å². The van der Waals surface area contributed by atoms with E-state index in [1.807, 2.05) is 6.07 Å². The first-order valence-electron chi connectivity index (χ1n) is 2.79. The van der Waals surface area contributed by atoms with Crippen LogP contribution in [-0.4, -0.2) is 6.67 Å². The molecule has 0 amide bonds. The zero-order chi connectivity index (χ0) is 6.97. The summed E-state index contributed by atoms with van der Waals surface area (Å²) in [6.45, 7) is 0.810. The Bertz CT molecular complexity index is 224. The van der Waals surface area contributed by atoms with Crippen LogP contribution in [0, 0.1) is 0 Å². The number of rotatable bonds is 0. The van der Waals surface area contributed by atoms with Crippen LogP contribution in [0.5, 0.6) is 0 Å². The lowest BCUT2D eigenvalue weighted by Crippen LogP contribution is -2.18. The predicted octanol–water partition coefficient (Wildman–Crippen LogP) is 2.38. The molecule has 0 spiro atoms. The van der Waals surface area contributed by atoms with Crippen LogP contribution in [0.4, 0.5) is 5.69 Å². The molecule has 2 nitrogen and oxygen atoms in total. The quantitative estimate of drug-likeness (QED) is 0.618. The van der Waals surface area contributed by atoms with Gasteiger partial charge in [-0.3, -0.25) is 0 Å². The highest BCUT2D eigenvalue weighted by atomic mass is 35.5. The third-order valence-electron chi connectivity index (χ3n) is 1.18. The number of hydrogen-bond acceptors (Lipinski definition) is 4. The molecular formula is C5H5ClN2S2. The lowest BCUT2D eigenvalue weighted by Gasteiger charge is -2.12. The summed E-state index contributed by atoms with van der Waals surface area (Å²) in [6.07, 6.45) is 0. The van der Waals surface area contributed by atoms with E-state index >= 15 is 0 Å². The summed E-state index contributed by atoms with van der Waals surface area (Å²) in [4.78, 5) is 0. The van der Waals surface area contributed by atoms with E-state index in [2.05, 4.69) is 10.0 Å². The number of nitrogens with one attached hydrogen (secondary N) is 2. The van der Waals surface area contributed by atoms with Crippen LogP contribution < -0.4 is 10.0 Å². The average molecular weight is 193 g/mol. The Balaban J connectivity index is 2.41. The number of thiophene rings is 1.